The summed E-state index contributed by atoms with van der Waals surface area (Å²) in [4.78, 5) is 20.9. The lowest BCUT2D eigenvalue weighted by molar-refractivity contribution is 0.0783. The molecule has 0 spiro atoms. The second kappa shape index (κ2) is 8.14. The predicted octanol–water partition coefficient (Wildman–Crippen LogP) is 2.34. The van der Waals surface area contributed by atoms with E-state index in [1.54, 1.807) is 42.4 Å². The Hall–Kier alpha value is -2.67. The maximum Gasteiger partial charge on any atom is 0.257 e. The highest BCUT2D eigenvalue weighted by molar-refractivity contribution is 5.98. The monoisotopic (exact) mass is 359 g/mol. The highest BCUT2D eigenvalue weighted by Crippen LogP contribution is 2.22. The molecule has 138 valence electrons. The van der Waals surface area contributed by atoms with Crippen molar-refractivity contribution in [3.8, 4) is 5.75 Å². The van der Waals surface area contributed by atoms with Gasteiger partial charge in [-0.1, -0.05) is 6.07 Å². The van der Waals surface area contributed by atoms with Gasteiger partial charge in [-0.05, 0) is 29.8 Å². The van der Waals surface area contributed by atoms with Crippen LogP contribution < -0.4 is 9.64 Å². The topological polar surface area (TPSA) is 54.9 Å². The fourth-order valence-electron chi connectivity index (χ4n) is 2.95. The molecule has 0 atom stereocenters. The minimum atomic E-state index is -0.443. The third-order valence-electron chi connectivity index (χ3n) is 4.31. The van der Waals surface area contributed by atoms with E-state index in [2.05, 4.69) is 9.88 Å². The first kappa shape index (κ1) is 18.1. The van der Waals surface area contributed by atoms with E-state index >= 15 is 0 Å². The molecule has 0 bridgehead atoms. The van der Waals surface area contributed by atoms with Crippen LogP contribution in [-0.4, -0.2) is 56.3 Å². The number of amides is 1. The number of hydrogen-bond acceptors (Lipinski definition) is 5. The number of morpholine rings is 1. The summed E-state index contributed by atoms with van der Waals surface area (Å²) in [6.45, 7) is 2.92. The number of hydrogen-bond donors (Lipinski definition) is 0. The van der Waals surface area contributed by atoms with Crippen LogP contribution in [0.15, 0.2) is 36.5 Å². The van der Waals surface area contributed by atoms with Crippen LogP contribution in [0.5, 0.6) is 5.75 Å². The lowest BCUT2D eigenvalue weighted by Crippen LogP contribution is -2.38. The van der Waals surface area contributed by atoms with Gasteiger partial charge in [0.05, 0.1) is 25.9 Å². The number of nitrogens with zero attached hydrogens (tertiary/aromatic N) is 3. The van der Waals surface area contributed by atoms with E-state index in [1.165, 1.54) is 13.2 Å². The Morgan fingerprint density at radius 2 is 2.12 bits per heavy atom. The van der Waals surface area contributed by atoms with Gasteiger partial charge >= 0.3 is 0 Å². The first-order valence-corrected chi connectivity index (χ1v) is 8.45. The normalized spacial score (nSPS) is 14.2. The van der Waals surface area contributed by atoms with Crippen LogP contribution >= 0.6 is 0 Å². The van der Waals surface area contributed by atoms with Crippen molar-refractivity contribution in [2.75, 3.05) is 45.4 Å². The summed E-state index contributed by atoms with van der Waals surface area (Å²) in [5.74, 6) is 0.246. The van der Waals surface area contributed by atoms with Crippen LogP contribution in [-0.2, 0) is 11.3 Å². The SMILES string of the molecule is COc1ccc(CN(C)C(=O)c2cccnc2N2CCOCC2)cc1F. The number of carbonyl (C=O) groups is 1. The molecule has 1 aromatic heterocycles. The third-order valence-corrected chi connectivity index (χ3v) is 4.31. The van der Waals surface area contributed by atoms with Gasteiger partial charge in [-0.15, -0.1) is 0 Å². The molecule has 26 heavy (non-hydrogen) atoms. The van der Waals surface area contributed by atoms with Gasteiger partial charge < -0.3 is 19.3 Å². The summed E-state index contributed by atoms with van der Waals surface area (Å²) in [5.41, 5.74) is 1.22. The summed E-state index contributed by atoms with van der Waals surface area (Å²) < 4.78 is 24.2. The first-order chi connectivity index (χ1) is 12.6. The molecule has 0 unspecified atom stereocenters. The van der Waals surface area contributed by atoms with Gasteiger partial charge in [0.1, 0.15) is 5.82 Å². The van der Waals surface area contributed by atoms with Gasteiger partial charge in [0.2, 0.25) is 0 Å². The smallest absolute Gasteiger partial charge is 0.257 e. The maximum atomic E-state index is 13.9. The highest BCUT2D eigenvalue weighted by Gasteiger charge is 2.22. The molecule has 1 aromatic carbocycles. The third kappa shape index (κ3) is 3.94. The number of pyridine rings is 1. The molecule has 6 nitrogen and oxygen atoms in total. The summed E-state index contributed by atoms with van der Waals surface area (Å²) >= 11 is 0. The second-order valence-corrected chi connectivity index (χ2v) is 6.10. The van der Waals surface area contributed by atoms with Crippen molar-refractivity contribution >= 4 is 11.7 Å². The summed E-state index contributed by atoms with van der Waals surface area (Å²) in [7, 11) is 3.11. The molecule has 0 saturated carbocycles. The second-order valence-electron chi connectivity index (χ2n) is 6.10. The van der Waals surface area contributed by atoms with Crippen molar-refractivity contribution in [3.63, 3.8) is 0 Å². The van der Waals surface area contributed by atoms with Crippen molar-refractivity contribution in [3.05, 3.63) is 53.5 Å². The van der Waals surface area contributed by atoms with Crippen LogP contribution in [0.1, 0.15) is 15.9 Å². The zero-order valence-corrected chi connectivity index (χ0v) is 14.9. The average molecular weight is 359 g/mol. The van der Waals surface area contributed by atoms with Crippen molar-refractivity contribution in [1.82, 2.24) is 9.88 Å². The van der Waals surface area contributed by atoms with Gasteiger partial charge in [-0.2, -0.15) is 0 Å². The van der Waals surface area contributed by atoms with Crippen LogP contribution in [0.3, 0.4) is 0 Å². The number of halogens is 1. The molecule has 2 aromatic rings. The van der Waals surface area contributed by atoms with Crippen molar-refractivity contribution < 1.29 is 18.7 Å². The van der Waals surface area contributed by atoms with E-state index in [9.17, 15) is 9.18 Å². The molecule has 7 heteroatoms. The maximum absolute atomic E-state index is 13.9. The van der Waals surface area contributed by atoms with E-state index in [0.717, 1.165) is 0 Å². The Morgan fingerprint density at radius 1 is 1.35 bits per heavy atom. The minimum Gasteiger partial charge on any atom is -0.494 e. The lowest BCUT2D eigenvalue weighted by atomic mass is 10.1. The van der Waals surface area contributed by atoms with E-state index in [-0.39, 0.29) is 18.2 Å². The van der Waals surface area contributed by atoms with Crippen LogP contribution in [0.25, 0.3) is 0 Å². The Labute approximate surface area is 152 Å². The fraction of sp³-hybridized carbons (Fsp3) is 0.368. The Bertz CT molecular complexity index is 778. The molecular weight excluding hydrogens is 337 g/mol. The van der Waals surface area contributed by atoms with E-state index in [4.69, 9.17) is 9.47 Å². The zero-order chi connectivity index (χ0) is 18.5. The van der Waals surface area contributed by atoms with Gasteiger partial charge in [0.15, 0.2) is 11.6 Å². The molecule has 0 radical (unpaired) electrons. The number of ether oxygens (including phenoxy) is 2. The summed E-state index contributed by atoms with van der Waals surface area (Å²) in [6, 6.07) is 8.21. The molecule has 0 aliphatic carbocycles. The number of benzene rings is 1. The predicted molar refractivity (Wildman–Crippen MR) is 96.0 cm³/mol. The summed E-state index contributed by atoms with van der Waals surface area (Å²) in [6.07, 6.45) is 1.68. The van der Waals surface area contributed by atoms with E-state index in [0.29, 0.717) is 43.2 Å². The summed E-state index contributed by atoms with van der Waals surface area (Å²) in [5, 5.41) is 0. The van der Waals surface area contributed by atoms with Gasteiger partial charge in [0.25, 0.3) is 5.91 Å². The number of rotatable bonds is 5. The standard InChI is InChI=1S/C19H22FN3O3/c1-22(13-14-5-6-17(25-2)16(20)12-14)19(24)15-4-3-7-21-18(15)23-8-10-26-11-9-23/h3-7,12H,8-11,13H2,1-2H3. The Balaban J connectivity index is 1.77. The largest absolute Gasteiger partial charge is 0.494 e. The van der Waals surface area contributed by atoms with Gasteiger partial charge in [-0.3, -0.25) is 4.79 Å². The molecule has 0 N–H and O–H groups in total. The molecular formula is C19H22FN3O3. The minimum absolute atomic E-state index is 0.157. The molecule has 1 saturated heterocycles. The molecule has 1 aliphatic rings. The van der Waals surface area contributed by atoms with Crippen LogP contribution in [0, 0.1) is 5.82 Å². The van der Waals surface area contributed by atoms with Gasteiger partial charge in [-0.25, -0.2) is 9.37 Å². The van der Waals surface area contributed by atoms with Crippen molar-refractivity contribution in [2.24, 2.45) is 0 Å². The molecule has 3 rings (SSSR count). The molecule has 2 heterocycles. The average Bonchev–Trinajstić information content (AvgIpc) is 2.68. The number of anilines is 1. The fourth-order valence-corrected chi connectivity index (χ4v) is 2.95. The van der Waals surface area contributed by atoms with Crippen LogP contribution in [0.4, 0.5) is 10.2 Å². The Kier molecular flexibility index (Phi) is 5.68. The van der Waals surface area contributed by atoms with Crippen molar-refractivity contribution in [1.29, 1.82) is 0 Å². The quantitative estimate of drug-likeness (QED) is 0.820. The first-order valence-electron chi connectivity index (χ1n) is 8.45. The molecule has 1 fully saturated rings. The van der Waals surface area contributed by atoms with Crippen LogP contribution in [0.2, 0.25) is 0 Å². The molecule has 1 aliphatic heterocycles. The lowest BCUT2D eigenvalue weighted by Gasteiger charge is -2.30. The number of methoxy groups -OCH3 is 1. The van der Waals surface area contributed by atoms with Gasteiger partial charge in [0, 0.05) is 32.9 Å². The Morgan fingerprint density at radius 3 is 2.81 bits per heavy atom. The van der Waals surface area contributed by atoms with E-state index < -0.39 is 5.82 Å². The van der Waals surface area contributed by atoms with Crippen molar-refractivity contribution in [2.45, 2.75) is 6.54 Å². The highest BCUT2D eigenvalue weighted by atomic mass is 19.1. The molecule has 1 amide bonds. The number of aromatic nitrogens is 1. The van der Waals surface area contributed by atoms with E-state index in [1.807, 2.05) is 0 Å². The number of carbonyl (C=O) groups excluding carboxylic acids is 1. The zero-order valence-electron chi connectivity index (χ0n) is 14.9.